The van der Waals surface area contributed by atoms with Crippen molar-refractivity contribution in [3.8, 4) is 5.75 Å². The number of rotatable bonds is 5. The van der Waals surface area contributed by atoms with E-state index in [1.807, 2.05) is 18.2 Å². The lowest BCUT2D eigenvalue weighted by Crippen LogP contribution is -2.21. The van der Waals surface area contributed by atoms with Gasteiger partial charge in [0.25, 0.3) is 0 Å². The van der Waals surface area contributed by atoms with Crippen molar-refractivity contribution >= 4 is 34.2 Å². The van der Waals surface area contributed by atoms with Crippen LogP contribution in [0.2, 0.25) is 0 Å². The lowest BCUT2D eigenvalue weighted by atomic mass is 10.2. The molecule has 17 heavy (non-hydrogen) atoms. The van der Waals surface area contributed by atoms with Crippen LogP contribution >= 0.6 is 34.2 Å². The standard InChI is InChI=1S/C13H15ClINO/c14-6-2-4-11-8-13(9-16-11)17-12-5-1-3-10(15)7-12/h1,3,5,7-8,13,16H,2,4,6,9H2/t13-/m1/s1. The van der Waals surface area contributed by atoms with E-state index in [0.717, 1.165) is 25.1 Å². The summed E-state index contributed by atoms with van der Waals surface area (Å²) < 4.78 is 7.08. The third kappa shape index (κ3) is 4.07. The second-order valence-corrected chi connectivity index (χ2v) is 5.60. The first-order valence-corrected chi connectivity index (χ1v) is 7.32. The van der Waals surface area contributed by atoms with Gasteiger partial charge in [-0.2, -0.15) is 0 Å². The second kappa shape index (κ2) is 6.50. The van der Waals surface area contributed by atoms with E-state index in [9.17, 15) is 0 Å². The predicted octanol–water partition coefficient (Wildman–Crippen LogP) is 3.54. The van der Waals surface area contributed by atoms with E-state index in [0.29, 0.717) is 5.88 Å². The van der Waals surface area contributed by atoms with Crippen molar-refractivity contribution in [2.45, 2.75) is 18.9 Å². The normalized spacial score (nSPS) is 18.7. The van der Waals surface area contributed by atoms with Gasteiger partial charge < -0.3 is 10.1 Å². The highest BCUT2D eigenvalue weighted by Gasteiger charge is 2.16. The maximum Gasteiger partial charge on any atom is 0.136 e. The summed E-state index contributed by atoms with van der Waals surface area (Å²) in [7, 11) is 0. The predicted molar refractivity (Wildman–Crippen MR) is 79.6 cm³/mol. The molecule has 1 aliphatic heterocycles. The summed E-state index contributed by atoms with van der Waals surface area (Å²) in [4.78, 5) is 0. The number of allylic oxidation sites excluding steroid dienone is 1. The topological polar surface area (TPSA) is 21.3 Å². The molecule has 2 rings (SSSR count). The van der Waals surface area contributed by atoms with Gasteiger partial charge in [0.15, 0.2) is 0 Å². The van der Waals surface area contributed by atoms with Crippen LogP contribution in [-0.2, 0) is 0 Å². The first kappa shape index (κ1) is 13.0. The molecular weight excluding hydrogens is 349 g/mol. The Kier molecular flexibility index (Phi) is 4.98. The average molecular weight is 364 g/mol. The van der Waals surface area contributed by atoms with Gasteiger partial charge in [0.05, 0.1) is 6.54 Å². The summed E-state index contributed by atoms with van der Waals surface area (Å²) in [6.07, 6.45) is 4.32. The fraction of sp³-hybridized carbons (Fsp3) is 0.385. The van der Waals surface area contributed by atoms with Crippen LogP contribution in [0, 0.1) is 3.57 Å². The highest BCUT2D eigenvalue weighted by atomic mass is 127. The fourth-order valence-electron chi connectivity index (χ4n) is 1.79. The molecule has 4 heteroatoms. The Labute approximate surface area is 121 Å². The maximum absolute atomic E-state index is 5.89. The van der Waals surface area contributed by atoms with Gasteiger partial charge in [0, 0.05) is 15.1 Å². The molecule has 0 aromatic heterocycles. The molecule has 0 bridgehead atoms. The summed E-state index contributed by atoms with van der Waals surface area (Å²) in [6.45, 7) is 0.850. The van der Waals surface area contributed by atoms with Gasteiger partial charge in [-0.15, -0.1) is 11.6 Å². The van der Waals surface area contributed by atoms with Crippen molar-refractivity contribution in [1.29, 1.82) is 0 Å². The monoisotopic (exact) mass is 363 g/mol. The Balaban J connectivity index is 1.90. The highest BCUT2D eigenvalue weighted by Crippen LogP contribution is 2.19. The Morgan fingerprint density at radius 3 is 3.12 bits per heavy atom. The minimum atomic E-state index is 0.138. The molecular formula is C13H15ClINO. The van der Waals surface area contributed by atoms with Crippen molar-refractivity contribution < 1.29 is 4.74 Å². The second-order valence-electron chi connectivity index (χ2n) is 3.98. The third-order valence-corrected chi connectivity index (χ3v) is 3.52. The summed E-state index contributed by atoms with van der Waals surface area (Å²) in [5.41, 5.74) is 1.25. The van der Waals surface area contributed by atoms with Gasteiger partial charge >= 0.3 is 0 Å². The zero-order valence-corrected chi connectivity index (χ0v) is 12.4. The van der Waals surface area contributed by atoms with Crippen molar-refractivity contribution in [1.82, 2.24) is 5.32 Å². The molecule has 92 valence electrons. The first-order valence-electron chi connectivity index (χ1n) is 5.70. The van der Waals surface area contributed by atoms with E-state index in [-0.39, 0.29) is 6.10 Å². The van der Waals surface area contributed by atoms with Gasteiger partial charge in [-0.25, -0.2) is 0 Å². The molecule has 2 nitrogen and oxygen atoms in total. The molecule has 0 aliphatic carbocycles. The Hall–Kier alpha value is -0.420. The molecule has 1 heterocycles. The molecule has 1 N–H and O–H groups in total. The molecule has 0 amide bonds. The van der Waals surface area contributed by atoms with Crippen LogP contribution in [-0.4, -0.2) is 18.5 Å². The van der Waals surface area contributed by atoms with Crippen molar-refractivity contribution in [2.75, 3.05) is 12.4 Å². The van der Waals surface area contributed by atoms with E-state index in [1.54, 1.807) is 0 Å². The highest BCUT2D eigenvalue weighted by molar-refractivity contribution is 14.1. The van der Waals surface area contributed by atoms with Crippen molar-refractivity contribution in [3.05, 3.63) is 39.6 Å². The summed E-state index contributed by atoms with van der Waals surface area (Å²) in [5.74, 6) is 1.64. The van der Waals surface area contributed by atoms with Gasteiger partial charge in [-0.3, -0.25) is 0 Å². The number of nitrogens with one attached hydrogen (secondary N) is 1. The van der Waals surface area contributed by atoms with Gasteiger partial charge in [-0.05, 0) is 59.7 Å². The van der Waals surface area contributed by atoms with E-state index >= 15 is 0 Å². The number of benzene rings is 1. The van der Waals surface area contributed by atoms with E-state index < -0.39 is 0 Å². The quantitative estimate of drug-likeness (QED) is 0.638. The molecule has 0 fully saturated rings. The zero-order chi connectivity index (χ0) is 12.1. The van der Waals surface area contributed by atoms with Crippen LogP contribution in [0.4, 0.5) is 0 Å². The Morgan fingerprint density at radius 1 is 1.47 bits per heavy atom. The Bertz CT molecular complexity index is 408. The van der Waals surface area contributed by atoms with E-state index in [1.165, 1.54) is 9.27 Å². The SMILES string of the molecule is ClCCCC1=C[C@@H](Oc2cccc(I)c2)CN1. The molecule has 0 saturated heterocycles. The molecule has 0 radical (unpaired) electrons. The zero-order valence-electron chi connectivity index (χ0n) is 9.46. The molecule has 1 atom stereocenters. The number of alkyl halides is 1. The van der Waals surface area contributed by atoms with Crippen molar-refractivity contribution in [3.63, 3.8) is 0 Å². The third-order valence-electron chi connectivity index (χ3n) is 2.58. The number of halogens is 2. The molecule has 0 unspecified atom stereocenters. The average Bonchev–Trinajstić information content (AvgIpc) is 2.74. The van der Waals surface area contributed by atoms with Gasteiger partial charge in [-0.1, -0.05) is 6.07 Å². The minimum absolute atomic E-state index is 0.138. The molecule has 1 aromatic carbocycles. The number of hydrogen-bond acceptors (Lipinski definition) is 2. The van der Waals surface area contributed by atoms with Crippen LogP contribution in [0.25, 0.3) is 0 Å². The van der Waals surface area contributed by atoms with E-state index in [2.05, 4.69) is 40.1 Å². The molecule has 0 saturated carbocycles. The maximum atomic E-state index is 5.89. The summed E-state index contributed by atoms with van der Waals surface area (Å²) in [5, 5.41) is 3.35. The molecule has 1 aliphatic rings. The van der Waals surface area contributed by atoms with Gasteiger partial charge in [0.2, 0.25) is 0 Å². The van der Waals surface area contributed by atoms with Crippen molar-refractivity contribution in [2.24, 2.45) is 0 Å². The Morgan fingerprint density at radius 2 is 2.35 bits per heavy atom. The minimum Gasteiger partial charge on any atom is -0.484 e. The fourth-order valence-corrected chi connectivity index (χ4v) is 2.44. The first-order chi connectivity index (χ1) is 8.28. The lowest BCUT2D eigenvalue weighted by molar-refractivity contribution is 0.259. The van der Waals surface area contributed by atoms with Crippen LogP contribution in [0.1, 0.15) is 12.8 Å². The van der Waals surface area contributed by atoms with Gasteiger partial charge in [0.1, 0.15) is 11.9 Å². The van der Waals surface area contributed by atoms with Crippen LogP contribution in [0.15, 0.2) is 36.0 Å². The smallest absolute Gasteiger partial charge is 0.136 e. The largest absolute Gasteiger partial charge is 0.484 e. The summed E-state index contributed by atoms with van der Waals surface area (Å²) >= 11 is 7.97. The van der Waals surface area contributed by atoms with Crippen LogP contribution < -0.4 is 10.1 Å². The van der Waals surface area contributed by atoms with Crippen LogP contribution in [0.5, 0.6) is 5.75 Å². The lowest BCUT2D eigenvalue weighted by Gasteiger charge is -2.11. The molecule has 0 spiro atoms. The number of hydrogen-bond donors (Lipinski definition) is 1. The number of ether oxygens (including phenoxy) is 1. The molecule has 1 aromatic rings. The summed E-state index contributed by atoms with van der Waals surface area (Å²) in [6, 6.07) is 8.11. The van der Waals surface area contributed by atoms with E-state index in [4.69, 9.17) is 16.3 Å². The van der Waals surface area contributed by atoms with Crippen LogP contribution in [0.3, 0.4) is 0 Å².